The van der Waals surface area contributed by atoms with Crippen LogP contribution in [-0.2, 0) is 11.0 Å². The maximum absolute atomic E-state index is 12.6. The Bertz CT molecular complexity index is 807. The number of benzene rings is 1. The van der Waals surface area contributed by atoms with Gasteiger partial charge in [-0.3, -0.25) is 9.59 Å². The first-order valence-corrected chi connectivity index (χ1v) is 8.36. The van der Waals surface area contributed by atoms with Gasteiger partial charge in [0.05, 0.1) is 12.5 Å². The van der Waals surface area contributed by atoms with Gasteiger partial charge in [0.25, 0.3) is 5.91 Å². The van der Waals surface area contributed by atoms with Crippen molar-refractivity contribution < 1.29 is 27.2 Å². The van der Waals surface area contributed by atoms with Gasteiger partial charge < -0.3 is 14.6 Å². The van der Waals surface area contributed by atoms with Gasteiger partial charge >= 0.3 is 12.1 Å². The molecule has 2 heterocycles. The first-order valence-electron chi connectivity index (χ1n) is 8.36. The first kappa shape index (κ1) is 18.9. The lowest BCUT2D eigenvalue weighted by molar-refractivity contribution is -0.157. The van der Waals surface area contributed by atoms with Gasteiger partial charge in [-0.25, -0.2) is 0 Å². The van der Waals surface area contributed by atoms with E-state index in [1.165, 1.54) is 4.90 Å². The Morgan fingerprint density at radius 2 is 1.96 bits per heavy atom. The standard InChI is InChI=1S/C17H17F3N4O3/c18-17(19,20)16-23-22-15(27-16)12-7-4-8-24(10-12)13(25)9-21-14(26)11-5-2-1-3-6-11/h1-3,5-6,12H,4,7-10H2,(H,21,26)/t12-/m1/s1. The molecule has 7 nitrogen and oxygen atoms in total. The maximum Gasteiger partial charge on any atom is 0.470 e. The molecule has 27 heavy (non-hydrogen) atoms. The van der Waals surface area contributed by atoms with E-state index in [9.17, 15) is 22.8 Å². The zero-order valence-electron chi connectivity index (χ0n) is 14.2. The van der Waals surface area contributed by atoms with Crippen LogP contribution >= 0.6 is 0 Å². The van der Waals surface area contributed by atoms with Crippen LogP contribution in [0.4, 0.5) is 13.2 Å². The molecule has 1 aromatic carbocycles. The van der Waals surface area contributed by atoms with Crippen molar-refractivity contribution in [3.8, 4) is 0 Å². The summed E-state index contributed by atoms with van der Waals surface area (Å²) in [5.41, 5.74) is 0.437. The van der Waals surface area contributed by atoms with Crippen molar-refractivity contribution in [1.82, 2.24) is 20.4 Å². The highest BCUT2D eigenvalue weighted by Gasteiger charge is 2.39. The number of rotatable bonds is 4. The van der Waals surface area contributed by atoms with E-state index in [1.54, 1.807) is 30.3 Å². The first-order chi connectivity index (χ1) is 12.8. The van der Waals surface area contributed by atoms with Crippen LogP contribution in [0.5, 0.6) is 0 Å². The molecule has 0 bridgehead atoms. The minimum atomic E-state index is -4.70. The van der Waals surface area contributed by atoms with Gasteiger partial charge in [-0.05, 0) is 25.0 Å². The van der Waals surface area contributed by atoms with Crippen molar-refractivity contribution in [2.24, 2.45) is 0 Å². The normalized spacial score (nSPS) is 17.6. The molecule has 10 heteroatoms. The van der Waals surface area contributed by atoms with Crippen molar-refractivity contribution in [3.63, 3.8) is 0 Å². The molecule has 1 N–H and O–H groups in total. The van der Waals surface area contributed by atoms with E-state index in [0.717, 1.165) is 0 Å². The van der Waals surface area contributed by atoms with Gasteiger partial charge in [-0.1, -0.05) is 18.2 Å². The van der Waals surface area contributed by atoms with Crippen LogP contribution in [0.2, 0.25) is 0 Å². The Morgan fingerprint density at radius 1 is 1.22 bits per heavy atom. The number of nitrogens with zero attached hydrogens (tertiary/aromatic N) is 3. The molecule has 0 aliphatic carbocycles. The summed E-state index contributed by atoms with van der Waals surface area (Å²) in [5, 5.41) is 9.04. The van der Waals surface area contributed by atoms with Gasteiger partial charge in [0, 0.05) is 18.7 Å². The summed E-state index contributed by atoms with van der Waals surface area (Å²) in [5.74, 6) is -2.68. The molecule has 1 atom stereocenters. The van der Waals surface area contributed by atoms with E-state index in [1.807, 2.05) is 0 Å². The summed E-state index contributed by atoms with van der Waals surface area (Å²) < 4.78 is 42.5. The lowest BCUT2D eigenvalue weighted by Gasteiger charge is -2.31. The SMILES string of the molecule is O=C(NCC(=O)N1CCC[C@@H](c2nnc(C(F)(F)F)o2)C1)c1ccccc1. The van der Waals surface area contributed by atoms with Crippen LogP contribution in [0.15, 0.2) is 34.7 Å². The third-order valence-corrected chi connectivity index (χ3v) is 4.24. The minimum Gasteiger partial charge on any atom is -0.417 e. The van der Waals surface area contributed by atoms with E-state index in [0.29, 0.717) is 24.9 Å². The Hall–Kier alpha value is -2.91. The second-order valence-electron chi connectivity index (χ2n) is 6.17. The van der Waals surface area contributed by atoms with E-state index in [-0.39, 0.29) is 30.8 Å². The fraction of sp³-hybridized carbons (Fsp3) is 0.412. The quantitative estimate of drug-likeness (QED) is 0.876. The third-order valence-electron chi connectivity index (χ3n) is 4.24. The molecule has 1 aliphatic heterocycles. The molecule has 1 saturated heterocycles. The molecule has 2 aromatic rings. The summed E-state index contributed by atoms with van der Waals surface area (Å²) >= 11 is 0. The summed E-state index contributed by atoms with van der Waals surface area (Å²) in [6.07, 6.45) is -3.57. The Balaban J connectivity index is 1.56. The molecule has 2 amide bonds. The molecular formula is C17H17F3N4O3. The van der Waals surface area contributed by atoms with Crippen LogP contribution in [0, 0.1) is 0 Å². The second-order valence-corrected chi connectivity index (χ2v) is 6.17. The van der Waals surface area contributed by atoms with Gasteiger partial charge in [-0.15, -0.1) is 10.2 Å². The summed E-state index contributed by atoms with van der Waals surface area (Å²) in [4.78, 5) is 25.8. The van der Waals surface area contributed by atoms with Crippen molar-refractivity contribution >= 4 is 11.8 Å². The Morgan fingerprint density at radius 3 is 2.63 bits per heavy atom. The van der Waals surface area contributed by atoms with Crippen LogP contribution in [0.1, 0.15) is 40.9 Å². The largest absolute Gasteiger partial charge is 0.470 e. The number of hydrogen-bond donors (Lipinski definition) is 1. The molecule has 0 spiro atoms. The van der Waals surface area contributed by atoms with Crippen LogP contribution < -0.4 is 5.32 Å². The fourth-order valence-electron chi connectivity index (χ4n) is 2.88. The number of alkyl halides is 3. The number of amides is 2. The van der Waals surface area contributed by atoms with Crippen molar-refractivity contribution in [1.29, 1.82) is 0 Å². The van der Waals surface area contributed by atoms with E-state index < -0.39 is 18.0 Å². The fourth-order valence-corrected chi connectivity index (χ4v) is 2.88. The topological polar surface area (TPSA) is 88.3 Å². The molecule has 1 aliphatic rings. The van der Waals surface area contributed by atoms with Gasteiger partial charge in [0.15, 0.2) is 0 Å². The maximum atomic E-state index is 12.6. The smallest absolute Gasteiger partial charge is 0.417 e. The highest BCUT2D eigenvalue weighted by molar-refractivity contribution is 5.96. The predicted molar refractivity (Wildman–Crippen MR) is 86.6 cm³/mol. The van der Waals surface area contributed by atoms with Crippen LogP contribution in [-0.4, -0.2) is 46.5 Å². The highest BCUT2D eigenvalue weighted by Crippen LogP contribution is 2.31. The molecule has 1 aromatic heterocycles. The van der Waals surface area contributed by atoms with Crippen LogP contribution in [0.25, 0.3) is 0 Å². The number of carbonyl (C=O) groups is 2. The number of carbonyl (C=O) groups excluding carboxylic acids is 2. The van der Waals surface area contributed by atoms with Crippen molar-refractivity contribution in [2.75, 3.05) is 19.6 Å². The second kappa shape index (κ2) is 7.77. The molecule has 3 rings (SSSR count). The Labute approximate surface area is 152 Å². The average Bonchev–Trinajstić information content (AvgIpc) is 3.17. The predicted octanol–water partition coefficient (Wildman–Crippen LogP) is 2.22. The minimum absolute atomic E-state index is 0.131. The summed E-state index contributed by atoms with van der Waals surface area (Å²) in [7, 11) is 0. The molecular weight excluding hydrogens is 365 g/mol. The molecule has 0 radical (unpaired) electrons. The zero-order chi connectivity index (χ0) is 19.4. The monoisotopic (exact) mass is 382 g/mol. The number of nitrogens with one attached hydrogen (secondary N) is 1. The molecule has 0 unspecified atom stereocenters. The number of likely N-dealkylation sites (tertiary alicyclic amines) is 1. The summed E-state index contributed by atoms with van der Waals surface area (Å²) in [6, 6.07) is 8.46. The van der Waals surface area contributed by atoms with Crippen LogP contribution in [0.3, 0.4) is 0 Å². The molecule has 144 valence electrons. The van der Waals surface area contributed by atoms with Gasteiger partial charge in [0.1, 0.15) is 0 Å². The lowest BCUT2D eigenvalue weighted by atomic mass is 9.98. The van der Waals surface area contributed by atoms with Gasteiger partial charge in [-0.2, -0.15) is 13.2 Å². The average molecular weight is 382 g/mol. The number of halogens is 3. The zero-order valence-corrected chi connectivity index (χ0v) is 14.2. The lowest BCUT2D eigenvalue weighted by Crippen LogP contribution is -2.44. The van der Waals surface area contributed by atoms with Crippen molar-refractivity contribution in [3.05, 3.63) is 47.7 Å². The third kappa shape index (κ3) is 4.63. The summed E-state index contributed by atoms with van der Waals surface area (Å²) in [6.45, 7) is 0.425. The molecule has 1 fully saturated rings. The number of hydrogen-bond acceptors (Lipinski definition) is 5. The highest BCUT2D eigenvalue weighted by atomic mass is 19.4. The van der Waals surface area contributed by atoms with Crippen molar-refractivity contribution in [2.45, 2.75) is 24.9 Å². The van der Waals surface area contributed by atoms with E-state index in [4.69, 9.17) is 4.42 Å². The number of aromatic nitrogens is 2. The molecule has 0 saturated carbocycles. The van der Waals surface area contributed by atoms with Gasteiger partial charge in [0.2, 0.25) is 11.8 Å². The van der Waals surface area contributed by atoms with E-state index in [2.05, 4.69) is 15.5 Å². The Kier molecular flexibility index (Phi) is 5.43. The van der Waals surface area contributed by atoms with E-state index >= 15 is 0 Å². The number of piperidine rings is 1.